The molecular formula is C17H24N4O3. The van der Waals surface area contributed by atoms with E-state index in [-0.39, 0.29) is 6.61 Å². The highest BCUT2D eigenvalue weighted by Crippen LogP contribution is 2.20. The zero-order valence-electron chi connectivity index (χ0n) is 13.9. The molecule has 1 fully saturated rings. The lowest BCUT2D eigenvalue weighted by Crippen LogP contribution is -2.40. The van der Waals surface area contributed by atoms with Crippen LogP contribution >= 0.6 is 0 Å². The lowest BCUT2D eigenvalue weighted by molar-refractivity contribution is 0.0609. The van der Waals surface area contributed by atoms with Crippen LogP contribution in [0.3, 0.4) is 0 Å². The van der Waals surface area contributed by atoms with Crippen molar-refractivity contribution in [1.82, 2.24) is 19.7 Å². The van der Waals surface area contributed by atoms with Gasteiger partial charge in [-0.2, -0.15) is 5.10 Å². The van der Waals surface area contributed by atoms with Gasteiger partial charge in [0.1, 0.15) is 36.9 Å². The Morgan fingerprint density at radius 2 is 2.08 bits per heavy atom. The van der Waals surface area contributed by atoms with Crippen LogP contribution in [0.1, 0.15) is 12.8 Å². The van der Waals surface area contributed by atoms with Crippen molar-refractivity contribution in [2.24, 2.45) is 0 Å². The molecule has 1 saturated heterocycles. The average molecular weight is 332 g/mol. The van der Waals surface area contributed by atoms with Crippen LogP contribution in [0.5, 0.6) is 11.5 Å². The first-order valence-electron chi connectivity index (χ1n) is 8.26. The monoisotopic (exact) mass is 332 g/mol. The Morgan fingerprint density at radius 3 is 2.79 bits per heavy atom. The van der Waals surface area contributed by atoms with Gasteiger partial charge in [-0.1, -0.05) is 0 Å². The van der Waals surface area contributed by atoms with Crippen LogP contribution in [0, 0.1) is 0 Å². The van der Waals surface area contributed by atoms with Crippen molar-refractivity contribution >= 4 is 0 Å². The molecule has 0 amide bonds. The van der Waals surface area contributed by atoms with E-state index in [1.165, 1.54) is 0 Å². The van der Waals surface area contributed by atoms with Gasteiger partial charge in [0.25, 0.3) is 0 Å². The maximum Gasteiger partial charge on any atom is 0.137 e. The summed E-state index contributed by atoms with van der Waals surface area (Å²) < 4.78 is 12.6. The quantitative estimate of drug-likeness (QED) is 0.783. The average Bonchev–Trinajstić information content (AvgIpc) is 3.26. The minimum atomic E-state index is -0.525. The normalized spacial score (nSPS) is 19.3. The van der Waals surface area contributed by atoms with Gasteiger partial charge in [0.15, 0.2) is 0 Å². The predicted octanol–water partition coefficient (Wildman–Crippen LogP) is 1.19. The molecular weight excluding hydrogens is 308 g/mol. The van der Waals surface area contributed by atoms with Crippen LogP contribution in [0.2, 0.25) is 0 Å². The zero-order valence-corrected chi connectivity index (χ0v) is 13.9. The Hall–Kier alpha value is -2.12. The number of hydrogen-bond donors (Lipinski definition) is 1. The number of ether oxygens (including phenoxy) is 2. The van der Waals surface area contributed by atoms with Crippen LogP contribution in [-0.4, -0.2) is 63.7 Å². The number of methoxy groups -OCH3 is 1. The Kier molecular flexibility index (Phi) is 5.66. The summed E-state index contributed by atoms with van der Waals surface area (Å²) in [5.41, 5.74) is 0. The van der Waals surface area contributed by atoms with Crippen molar-refractivity contribution in [3.63, 3.8) is 0 Å². The Labute approximate surface area is 141 Å². The molecule has 1 aromatic carbocycles. The third kappa shape index (κ3) is 4.46. The fourth-order valence-corrected chi connectivity index (χ4v) is 3.07. The van der Waals surface area contributed by atoms with Crippen LogP contribution < -0.4 is 9.47 Å². The van der Waals surface area contributed by atoms with E-state index in [9.17, 15) is 5.11 Å². The summed E-state index contributed by atoms with van der Waals surface area (Å²) in [5.74, 6) is 1.52. The highest BCUT2D eigenvalue weighted by molar-refractivity contribution is 5.31. The van der Waals surface area contributed by atoms with Gasteiger partial charge in [-0.3, -0.25) is 9.58 Å². The van der Waals surface area contributed by atoms with Gasteiger partial charge in [0, 0.05) is 12.6 Å². The molecule has 24 heavy (non-hydrogen) atoms. The van der Waals surface area contributed by atoms with E-state index in [0.29, 0.717) is 12.6 Å². The number of benzene rings is 1. The molecule has 7 heteroatoms. The van der Waals surface area contributed by atoms with E-state index in [1.54, 1.807) is 19.8 Å². The Bertz CT molecular complexity index is 603. The molecule has 1 N–H and O–H groups in total. The van der Waals surface area contributed by atoms with Crippen LogP contribution in [0.25, 0.3) is 0 Å². The molecule has 2 heterocycles. The first-order chi connectivity index (χ1) is 11.7. The first kappa shape index (κ1) is 16.7. The summed E-state index contributed by atoms with van der Waals surface area (Å²) in [7, 11) is 1.63. The third-order valence-electron chi connectivity index (χ3n) is 4.31. The van der Waals surface area contributed by atoms with Gasteiger partial charge in [-0.25, -0.2) is 4.98 Å². The van der Waals surface area contributed by atoms with Crippen molar-refractivity contribution in [1.29, 1.82) is 0 Å². The van der Waals surface area contributed by atoms with Gasteiger partial charge >= 0.3 is 0 Å². The van der Waals surface area contributed by atoms with Crippen molar-refractivity contribution in [3.8, 4) is 11.5 Å². The number of hydrogen-bond acceptors (Lipinski definition) is 6. The predicted molar refractivity (Wildman–Crippen MR) is 89.1 cm³/mol. The fraction of sp³-hybridized carbons (Fsp3) is 0.529. The van der Waals surface area contributed by atoms with E-state index in [4.69, 9.17) is 9.47 Å². The van der Waals surface area contributed by atoms with Crippen LogP contribution in [-0.2, 0) is 6.54 Å². The van der Waals surface area contributed by atoms with Crippen molar-refractivity contribution < 1.29 is 14.6 Å². The van der Waals surface area contributed by atoms with E-state index in [1.807, 2.05) is 28.9 Å². The molecule has 130 valence electrons. The standard InChI is InChI=1S/C17H24N4O3/c1-23-16-4-6-17(7-5-16)24-11-15(22)10-20-8-2-3-14(20)9-21-13-18-12-19-21/h4-7,12-15,22H,2-3,8-11H2,1H3/t14-,15-/m0/s1. The second kappa shape index (κ2) is 8.12. The largest absolute Gasteiger partial charge is 0.497 e. The Morgan fingerprint density at radius 1 is 1.29 bits per heavy atom. The summed E-state index contributed by atoms with van der Waals surface area (Å²) in [6.45, 7) is 2.69. The minimum absolute atomic E-state index is 0.277. The van der Waals surface area contributed by atoms with Crippen molar-refractivity contribution in [2.45, 2.75) is 31.5 Å². The summed E-state index contributed by atoms with van der Waals surface area (Å²) in [4.78, 5) is 6.29. The van der Waals surface area contributed by atoms with Gasteiger partial charge in [-0.15, -0.1) is 0 Å². The molecule has 0 spiro atoms. The number of β-amino-alcohol motifs (C(OH)–C–C–N with tert-alkyl or cyclic N) is 1. The number of likely N-dealkylation sites (tertiary alicyclic amines) is 1. The molecule has 0 aliphatic carbocycles. The maximum atomic E-state index is 10.3. The lowest BCUT2D eigenvalue weighted by Gasteiger charge is -2.26. The van der Waals surface area contributed by atoms with Gasteiger partial charge in [-0.05, 0) is 43.7 Å². The molecule has 1 aromatic heterocycles. The number of aromatic nitrogens is 3. The minimum Gasteiger partial charge on any atom is -0.497 e. The lowest BCUT2D eigenvalue weighted by atomic mass is 10.2. The SMILES string of the molecule is COc1ccc(OC[C@@H](O)CN2CCC[C@H]2Cn2cncn2)cc1. The number of aliphatic hydroxyl groups excluding tert-OH is 1. The molecule has 1 aliphatic heterocycles. The Balaban J connectivity index is 1.45. The highest BCUT2D eigenvalue weighted by Gasteiger charge is 2.26. The van der Waals surface area contributed by atoms with Crippen molar-refractivity contribution in [2.75, 3.05) is 26.8 Å². The van der Waals surface area contributed by atoms with E-state index >= 15 is 0 Å². The number of rotatable bonds is 8. The molecule has 0 saturated carbocycles. The second-order valence-electron chi connectivity index (χ2n) is 6.05. The summed E-state index contributed by atoms with van der Waals surface area (Å²) in [6.07, 6.45) is 5.02. The molecule has 0 unspecified atom stereocenters. The van der Waals surface area contributed by atoms with Gasteiger partial charge < -0.3 is 14.6 Å². The van der Waals surface area contributed by atoms with Gasteiger partial charge in [0.2, 0.25) is 0 Å². The zero-order chi connectivity index (χ0) is 16.8. The molecule has 0 bridgehead atoms. The second-order valence-corrected chi connectivity index (χ2v) is 6.05. The third-order valence-corrected chi connectivity index (χ3v) is 4.31. The molecule has 0 radical (unpaired) electrons. The smallest absolute Gasteiger partial charge is 0.137 e. The van der Waals surface area contributed by atoms with E-state index < -0.39 is 6.10 Å². The molecule has 2 aromatic rings. The first-order valence-corrected chi connectivity index (χ1v) is 8.26. The molecule has 7 nitrogen and oxygen atoms in total. The van der Waals surface area contributed by atoms with Crippen LogP contribution in [0.4, 0.5) is 0 Å². The maximum absolute atomic E-state index is 10.3. The topological polar surface area (TPSA) is 72.6 Å². The molecule has 2 atom stereocenters. The van der Waals surface area contributed by atoms with E-state index in [0.717, 1.165) is 37.4 Å². The summed E-state index contributed by atoms with van der Waals surface area (Å²) >= 11 is 0. The highest BCUT2D eigenvalue weighted by atomic mass is 16.5. The van der Waals surface area contributed by atoms with Gasteiger partial charge in [0.05, 0.1) is 13.7 Å². The van der Waals surface area contributed by atoms with Crippen LogP contribution in [0.15, 0.2) is 36.9 Å². The summed E-state index contributed by atoms with van der Waals surface area (Å²) in [6, 6.07) is 7.76. The number of aliphatic hydroxyl groups is 1. The molecule has 3 rings (SSSR count). The fourth-order valence-electron chi connectivity index (χ4n) is 3.07. The molecule has 1 aliphatic rings. The summed E-state index contributed by atoms with van der Waals surface area (Å²) in [5, 5.41) is 14.5. The van der Waals surface area contributed by atoms with E-state index in [2.05, 4.69) is 15.0 Å². The van der Waals surface area contributed by atoms with Crippen molar-refractivity contribution in [3.05, 3.63) is 36.9 Å². The number of nitrogens with zero attached hydrogens (tertiary/aromatic N) is 4.